The molecule has 0 bridgehead atoms. The second-order valence-corrected chi connectivity index (χ2v) is 8.83. The number of rotatable bonds is 18. The number of hydrogen-bond acceptors (Lipinski definition) is 1. The van der Waals surface area contributed by atoms with E-state index < -0.39 is 0 Å². The van der Waals surface area contributed by atoms with Crippen molar-refractivity contribution in [3.63, 3.8) is 0 Å². The zero-order chi connectivity index (χ0) is 18.1. The number of likely N-dealkylation sites (N-methyl/N-ethyl adjacent to an activating group) is 1. The summed E-state index contributed by atoms with van der Waals surface area (Å²) in [6.07, 6.45) is 21.4. The van der Waals surface area contributed by atoms with E-state index in [2.05, 4.69) is 37.5 Å². The van der Waals surface area contributed by atoms with Crippen molar-refractivity contribution >= 4 is 9.47 Å². The largest absolute Gasteiger partial charge is 0.554 e. The minimum Gasteiger partial charge on any atom is -0.554 e. The lowest BCUT2D eigenvalue weighted by Gasteiger charge is -2.31. The Hall–Kier alpha value is 0.350. The van der Waals surface area contributed by atoms with E-state index >= 15 is 0 Å². The van der Waals surface area contributed by atoms with E-state index in [0.717, 1.165) is 11.0 Å². The van der Waals surface area contributed by atoms with Crippen LogP contribution in [0.2, 0.25) is 0 Å². The summed E-state index contributed by atoms with van der Waals surface area (Å²) in [4.78, 5) is 0. The summed E-state index contributed by atoms with van der Waals surface area (Å²) >= 11 is 0. The standard InChI is InChI=1S/C21H46NOP/c1-5-6-7-8-9-10-11-12-13-14-15-16-17-18-19-21(23-24)20-22(2,3)4/h21,24H,5-20H2,1-4H3. The van der Waals surface area contributed by atoms with Crippen LogP contribution in [0.3, 0.4) is 0 Å². The molecule has 0 aliphatic heterocycles. The Morgan fingerprint density at radius 3 is 1.38 bits per heavy atom. The van der Waals surface area contributed by atoms with Crippen molar-refractivity contribution in [2.24, 2.45) is 0 Å². The third kappa shape index (κ3) is 18.7. The van der Waals surface area contributed by atoms with Crippen LogP contribution in [0, 0.1) is 0 Å². The molecule has 0 saturated heterocycles. The lowest BCUT2D eigenvalue weighted by atomic mass is 10.0. The fourth-order valence-corrected chi connectivity index (χ4v) is 3.56. The molecule has 146 valence electrons. The average molecular weight is 360 g/mol. The van der Waals surface area contributed by atoms with Gasteiger partial charge in [-0.2, -0.15) is 0 Å². The molecule has 0 aliphatic rings. The van der Waals surface area contributed by atoms with Gasteiger partial charge in [-0.1, -0.05) is 96.8 Å². The first kappa shape index (κ1) is 24.4. The summed E-state index contributed by atoms with van der Waals surface area (Å²) in [6.45, 7) is 3.36. The van der Waals surface area contributed by atoms with Crippen molar-refractivity contribution in [1.29, 1.82) is 0 Å². The Kier molecular flexibility index (Phi) is 17.0. The van der Waals surface area contributed by atoms with Crippen molar-refractivity contribution in [3.05, 3.63) is 0 Å². The first-order valence-corrected chi connectivity index (χ1v) is 11.0. The molecule has 0 radical (unpaired) electrons. The molecule has 0 rings (SSSR count). The van der Waals surface area contributed by atoms with Gasteiger partial charge in [0.05, 0.1) is 27.2 Å². The first-order chi connectivity index (χ1) is 11.5. The van der Waals surface area contributed by atoms with Crippen molar-refractivity contribution < 1.29 is 9.01 Å². The maximum absolute atomic E-state index is 5.43. The highest BCUT2D eigenvalue weighted by Crippen LogP contribution is 2.15. The Morgan fingerprint density at radius 2 is 1.04 bits per heavy atom. The summed E-state index contributed by atoms with van der Waals surface area (Å²) in [5.74, 6) is 0. The highest BCUT2D eigenvalue weighted by molar-refractivity contribution is 7.09. The second-order valence-electron chi connectivity index (χ2n) is 8.60. The van der Waals surface area contributed by atoms with Gasteiger partial charge in [0.25, 0.3) is 0 Å². The van der Waals surface area contributed by atoms with Gasteiger partial charge in [0.1, 0.15) is 6.54 Å². The van der Waals surface area contributed by atoms with Crippen molar-refractivity contribution in [3.8, 4) is 0 Å². The minimum absolute atomic E-state index is 0.346. The fourth-order valence-electron chi connectivity index (χ4n) is 3.36. The van der Waals surface area contributed by atoms with E-state index in [9.17, 15) is 0 Å². The van der Waals surface area contributed by atoms with Gasteiger partial charge >= 0.3 is 0 Å². The van der Waals surface area contributed by atoms with Crippen LogP contribution in [0.25, 0.3) is 0 Å². The second kappa shape index (κ2) is 16.8. The summed E-state index contributed by atoms with van der Waals surface area (Å²) < 4.78 is 6.40. The van der Waals surface area contributed by atoms with Gasteiger partial charge < -0.3 is 18.5 Å². The van der Waals surface area contributed by atoms with Crippen LogP contribution in [0.4, 0.5) is 0 Å². The molecule has 0 spiro atoms. The minimum atomic E-state index is 0.346. The van der Waals surface area contributed by atoms with Gasteiger partial charge in [0.15, 0.2) is 0 Å². The highest BCUT2D eigenvalue weighted by Gasteiger charge is 2.14. The monoisotopic (exact) mass is 359 g/mol. The number of hydrogen-bond donors (Lipinski definition) is 0. The van der Waals surface area contributed by atoms with Gasteiger partial charge in [-0.05, 0) is 6.42 Å². The number of unbranched alkanes of at least 4 members (excludes halogenated alkanes) is 13. The van der Waals surface area contributed by atoms with Crippen LogP contribution in [0.5, 0.6) is 0 Å². The van der Waals surface area contributed by atoms with E-state index in [4.69, 9.17) is 4.52 Å². The molecule has 0 aromatic heterocycles. The normalized spacial score (nSPS) is 13.4. The molecule has 1 atom stereocenters. The molecule has 0 fully saturated rings. The quantitative estimate of drug-likeness (QED) is 0.145. The first-order valence-electron chi connectivity index (χ1n) is 10.6. The maximum atomic E-state index is 5.43. The SMILES string of the molecule is CCCCCCCCCCCCCCCCC(C[N+](C)(C)C)O[PH-]. The molecule has 3 heteroatoms. The van der Waals surface area contributed by atoms with Gasteiger partial charge in [-0.25, -0.2) is 0 Å². The summed E-state index contributed by atoms with van der Waals surface area (Å²) in [7, 11) is 9.93. The molecule has 0 aromatic rings. The molecule has 0 amide bonds. The van der Waals surface area contributed by atoms with E-state index in [1.54, 1.807) is 0 Å². The Labute approximate surface area is 156 Å². The van der Waals surface area contributed by atoms with Gasteiger partial charge in [0, 0.05) is 0 Å². The number of quaternary nitrogens is 1. The predicted molar refractivity (Wildman–Crippen MR) is 111 cm³/mol. The third-order valence-electron chi connectivity index (χ3n) is 4.80. The van der Waals surface area contributed by atoms with Crippen molar-refractivity contribution in [2.75, 3.05) is 27.7 Å². The lowest BCUT2D eigenvalue weighted by molar-refractivity contribution is -0.873. The van der Waals surface area contributed by atoms with Crippen molar-refractivity contribution in [2.45, 2.75) is 109 Å². The molecular formula is C21H46NOP. The summed E-state index contributed by atoms with van der Waals surface area (Å²) in [5, 5.41) is 0. The van der Waals surface area contributed by atoms with E-state index in [1.165, 1.54) is 96.3 Å². The van der Waals surface area contributed by atoms with E-state index in [1.807, 2.05) is 0 Å². The molecule has 0 aromatic carbocycles. The third-order valence-corrected chi connectivity index (χ3v) is 5.13. The van der Waals surface area contributed by atoms with Crippen molar-refractivity contribution in [1.82, 2.24) is 0 Å². The number of nitrogens with zero attached hydrogens (tertiary/aromatic N) is 1. The van der Waals surface area contributed by atoms with Crippen LogP contribution in [-0.2, 0) is 4.52 Å². The zero-order valence-electron chi connectivity index (χ0n) is 17.2. The summed E-state index contributed by atoms with van der Waals surface area (Å²) in [6, 6.07) is 0. The van der Waals surface area contributed by atoms with Crippen LogP contribution in [0.1, 0.15) is 103 Å². The van der Waals surface area contributed by atoms with Crippen LogP contribution in [0.15, 0.2) is 0 Å². The van der Waals surface area contributed by atoms with Crippen LogP contribution >= 0.6 is 9.47 Å². The van der Waals surface area contributed by atoms with Gasteiger partial charge in [-0.15, -0.1) is 0 Å². The molecule has 0 aliphatic carbocycles. The average Bonchev–Trinajstić information content (AvgIpc) is 2.53. The molecule has 1 unspecified atom stereocenters. The maximum Gasteiger partial charge on any atom is 0.102 e. The molecular weight excluding hydrogens is 313 g/mol. The van der Waals surface area contributed by atoms with E-state index in [-0.39, 0.29) is 0 Å². The fraction of sp³-hybridized carbons (Fsp3) is 1.00. The smallest absolute Gasteiger partial charge is 0.102 e. The molecule has 0 heterocycles. The Bertz CT molecular complexity index is 253. The molecule has 0 saturated carbocycles. The zero-order valence-corrected chi connectivity index (χ0v) is 18.2. The van der Waals surface area contributed by atoms with Gasteiger partial charge in [0.2, 0.25) is 0 Å². The Morgan fingerprint density at radius 1 is 0.667 bits per heavy atom. The van der Waals surface area contributed by atoms with E-state index in [0.29, 0.717) is 6.10 Å². The molecule has 0 N–H and O–H groups in total. The lowest BCUT2D eigenvalue weighted by Crippen LogP contribution is -2.41. The van der Waals surface area contributed by atoms with Crippen LogP contribution < -0.4 is 0 Å². The topological polar surface area (TPSA) is 9.23 Å². The van der Waals surface area contributed by atoms with Gasteiger partial charge in [-0.3, -0.25) is 0 Å². The summed E-state index contributed by atoms with van der Waals surface area (Å²) in [5.41, 5.74) is 0. The molecule has 24 heavy (non-hydrogen) atoms. The predicted octanol–water partition coefficient (Wildman–Crippen LogP) is 7.01. The van der Waals surface area contributed by atoms with Crippen LogP contribution in [-0.4, -0.2) is 38.3 Å². The Balaban J connectivity index is 3.25. The molecule has 2 nitrogen and oxygen atoms in total. The highest BCUT2D eigenvalue weighted by atomic mass is 31.0.